The number of aromatic nitrogens is 3. The molecule has 838 valence electrons. The highest BCUT2D eigenvalue weighted by Crippen LogP contribution is 2.35. The third-order valence-electron chi connectivity index (χ3n) is 17.5. The highest BCUT2D eigenvalue weighted by molar-refractivity contribution is 5.85. The number of terminal acetylenes is 1. The first kappa shape index (κ1) is 139. The summed E-state index contributed by atoms with van der Waals surface area (Å²) >= 11 is 0. The summed E-state index contributed by atoms with van der Waals surface area (Å²) in [6.07, 6.45) is -0.0397. The molecule has 1 aromatic rings. The van der Waals surface area contributed by atoms with E-state index in [1.165, 1.54) is 217 Å². The zero-order valence-corrected chi connectivity index (χ0v) is 87.2. The highest BCUT2D eigenvalue weighted by Gasteiger charge is 2.59. The quantitative estimate of drug-likeness (QED) is 0.0214. The minimum absolute atomic E-state index is 0.0640. The van der Waals surface area contributed by atoms with E-state index >= 15 is 0 Å². The lowest BCUT2D eigenvalue weighted by molar-refractivity contribution is -0.132. The van der Waals surface area contributed by atoms with Gasteiger partial charge >= 0.3 is 54.3 Å². The maximum atomic E-state index is 12.6. The largest absolute Gasteiger partial charge is 0.376 e. The number of hydrogen-bond acceptors (Lipinski definition) is 48. The fourth-order valence-electron chi connectivity index (χ4n) is 12.0. The van der Waals surface area contributed by atoms with Crippen LogP contribution in [0, 0.1) is 12.3 Å². The minimum atomic E-state index is -0.704. The predicted octanol–water partition coefficient (Wildman–Crippen LogP) is -5.29. The van der Waals surface area contributed by atoms with Gasteiger partial charge in [0.25, 0.3) is 0 Å². The van der Waals surface area contributed by atoms with Crippen LogP contribution in [0.1, 0.15) is 6.92 Å². The van der Waals surface area contributed by atoms with Crippen molar-refractivity contribution in [2.75, 3.05) is 388 Å². The van der Waals surface area contributed by atoms with E-state index in [1.54, 1.807) is 45.2 Å². The van der Waals surface area contributed by atoms with E-state index in [-0.39, 0.29) is 196 Å². The Balaban J connectivity index is -0.000000770. The van der Waals surface area contributed by atoms with Crippen LogP contribution in [0.4, 0.5) is 61.0 Å². The van der Waals surface area contributed by atoms with Crippen LogP contribution < -0.4 is 41.3 Å². The van der Waals surface area contributed by atoms with Crippen molar-refractivity contribution in [2.45, 2.75) is 56.6 Å². The molecule has 0 radical (unpaired) electrons. The number of nitrogens with one attached hydrogen (secondary N) is 5. The van der Waals surface area contributed by atoms with Crippen molar-refractivity contribution >= 4 is 72.1 Å². The van der Waals surface area contributed by atoms with E-state index in [2.05, 4.69) is 57.5 Å². The maximum Gasteiger partial charge on any atom is 0.328 e. The number of aliphatic hydroxyl groups excluding tert-OH is 6. The van der Waals surface area contributed by atoms with E-state index in [9.17, 15) is 48.3 Å². The van der Waals surface area contributed by atoms with Gasteiger partial charge in [-0.15, -0.1) is 12.3 Å². The molecule has 143 heavy (non-hydrogen) atoms. The molecule has 5 fully saturated rings. The topological polar surface area (TPSA) is 675 Å². The molecule has 18 amide bonds. The van der Waals surface area contributed by atoms with E-state index in [1.807, 2.05) is 10.6 Å². The fourth-order valence-corrected chi connectivity index (χ4v) is 12.0. The van der Waals surface area contributed by atoms with Crippen LogP contribution in [0.3, 0.4) is 0 Å². The molecule has 5 saturated heterocycles. The van der Waals surface area contributed by atoms with Gasteiger partial charge in [-0.2, -0.15) is 15.0 Å². The molecule has 5 aliphatic rings. The first-order chi connectivity index (χ1) is 68.9. The van der Waals surface area contributed by atoms with Crippen molar-refractivity contribution in [2.24, 2.45) is 0 Å². The number of anilines is 3. The molecule has 0 aliphatic carbocycles. The first-order valence-electron chi connectivity index (χ1n) is 41.8. The molecule has 11 N–H and O–H groups in total. The molecule has 1 aromatic heterocycles. The normalized spacial score (nSPS) is 17.3. The Morgan fingerprint density at radius 2 is 0.490 bits per heavy atom. The second-order valence-corrected chi connectivity index (χ2v) is 27.3. The number of methoxy groups -OCH3 is 27. The third kappa shape index (κ3) is 48.8. The number of aliphatic hydroxyl groups is 6. The summed E-state index contributed by atoms with van der Waals surface area (Å²) in [6.45, 7) is 2.20. The molecule has 6 unspecified atom stereocenters. The second kappa shape index (κ2) is 87.5. The third-order valence-corrected chi connectivity index (χ3v) is 17.5. The van der Waals surface area contributed by atoms with E-state index in [0.29, 0.717) is 11.9 Å². The van der Waals surface area contributed by atoms with Gasteiger partial charge in [0.1, 0.15) is 182 Å². The van der Waals surface area contributed by atoms with E-state index < -0.39 is 95.4 Å². The Morgan fingerprint density at radius 3 is 0.713 bits per heavy atom. The number of carbonyl (C=O) groups excluding carboxylic acids is 9. The molecule has 5 aliphatic heterocycles. The summed E-state index contributed by atoms with van der Waals surface area (Å²) in [4.78, 5) is 140. The zero-order chi connectivity index (χ0) is 109. The van der Waals surface area contributed by atoms with Crippen molar-refractivity contribution in [3.8, 4) is 12.3 Å². The molecule has 0 spiro atoms. The second-order valence-electron chi connectivity index (χ2n) is 27.3. The molecule has 0 bridgehead atoms. The summed E-state index contributed by atoms with van der Waals surface area (Å²) in [5.41, 5.74) is 0. The summed E-state index contributed by atoms with van der Waals surface area (Å²) < 4.78 is 135. The maximum absolute atomic E-state index is 12.6. The number of rotatable bonds is 57. The first-order valence-corrected chi connectivity index (χ1v) is 41.8. The van der Waals surface area contributed by atoms with Gasteiger partial charge in [-0.05, 0) is 6.92 Å². The number of urea groups is 9. The van der Waals surface area contributed by atoms with E-state index in [0.717, 1.165) is 14.7 Å². The van der Waals surface area contributed by atoms with Crippen LogP contribution in [0.2, 0.25) is 0 Å². The average Bonchev–Trinajstić information content (AvgIpc) is 1.57. The highest BCUT2D eigenvalue weighted by atomic mass is 16.6. The van der Waals surface area contributed by atoms with Crippen LogP contribution >= 0.6 is 0 Å². The molecular formula is C77H158N24O42. The number of amides is 18. The number of nitrogens with zero attached hydrogens (tertiary/aromatic N) is 19. The Bertz CT molecular complexity index is 3270. The molecule has 0 aromatic carbocycles. The summed E-state index contributed by atoms with van der Waals surface area (Å²) in [7, 11) is 40.5. The zero-order valence-electron chi connectivity index (χ0n) is 87.2. The molecule has 6 rings (SSSR count). The Hall–Kier alpha value is -9.92. The Labute approximate surface area is 833 Å². The van der Waals surface area contributed by atoms with Crippen molar-refractivity contribution in [3.05, 3.63) is 0 Å². The Morgan fingerprint density at radius 1 is 0.287 bits per heavy atom. The van der Waals surface area contributed by atoms with Gasteiger partial charge in [0.05, 0.1) is 0 Å². The van der Waals surface area contributed by atoms with Gasteiger partial charge in [0.2, 0.25) is 17.8 Å². The summed E-state index contributed by atoms with van der Waals surface area (Å²) in [6, 6.07) is -3.12. The minimum Gasteiger partial charge on any atom is -0.376 e. The molecule has 6 heterocycles. The van der Waals surface area contributed by atoms with Crippen LogP contribution in [0.15, 0.2) is 0 Å². The van der Waals surface area contributed by atoms with Crippen LogP contribution in [0.25, 0.3) is 0 Å². The van der Waals surface area contributed by atoms with Crippen molar-refractivity contribution < 1.29 is 202 Å². The lowest BCUT2D eigenvalue weighted by Gasteiger charge is -2.28. The monoisotopic (exact) mass is 2090 g/mol. The van der Waals surface area contributed by atoms with Crippen molar-refractivity contribution in [1.82, 2.24) is 105 Å². The number of fused-ring (bicyclic) bond motifs is 1. The van der Waals surface area contributed by atoms with Crippen LogP contribution in [-0.2, 0) is 128 Å². The number of hydrogen-bond donors (Lipinski definition) is 11. The van der Waals surface area contributed by atoms with Gasteiger partial charge in [0, 0.05) is 192 Å². The van der Waals surface area contributed by atoms with Gasteiger partial charge < -0.3 is 185 Å². The van der Waals surface area contributed by atoms with Crippen LogP contribution in [-0.4, -0.2) is 587 Å². The summed E-state index contributed by atoms with van der Waals surface area (Å²) in [5, 5.41) is 63.8. The lowest BCUT2D eigenvalue weighted by atomic mass is 10.3. The van der Waals surface area contributed by atoms with Gasteiger partial charge in [-0.1, -0.05) is 0 Å². The van der Waals surface area contributed by atoms with Gasteiger partial charge in [0.15, 0.2) is 49.7 Å². The van der Waals surface area contributed by atoms with Gasteiger partial charge in [-0.25, -0.2) is 43.2 Å². The molecule has 66 nitrogen and oxygen atoms in total. The number of carbonyl (C=O) groups is 9. The van der Waals surface area contributed by atoms with Crippen molar-refractivity contribution in [3.63, 3.8) is 0 Å². The standard InChI is InChI=1S/C14H28N6O6.C12H22N4O6.C9H18N2O5.C9H20N2O5.C8H16N2O5.C7H14N2O5.C7H16N2O4.C5H12N2O3.C3H8N2O3.C3H4/c1-22-7-18(6-21)12-15-13(19(8-23-2)9-24-3)17-14(16-12)20(10-25-4)11-26-5;1-19-5-13-9-10(15(7-21-3)11(13)17)16(8-22-4)12(18)14(9)6-20-2;1-13-5-10-7(15-3)8(16-4)11(6-14-2)9(10)12;1-13-5-10(6-14-2)9(12)11(7-15-3)8-16-4;1-13-5-10-7(15-3)6(14-2)9(4-11)8(10)12;1-13-5-6(14-2)9(4-11)7(12)8(5)3-10;1-11-4-8-7(10)9(5-12-2)6-13-3;1-9-3-6-5(8)7-4-10-2;6-1-4-3(8)5-2-7;1-3-2/h21H,6-11H2,1-5H3;9-10H,5-8H2,1-4H3;7-8H,5-6H2,1-4H3;5-8H2,1-4H3;6-7,11H,4-5H2,1-3H3;5-6,10-11H,3-4H2,1-2H3;4-6H2,1-3H3,(H,8,10);3-4H2,1-2H3,(H2,6,7,8);6-7H,1-2H2,(H2,4,5,8);1H,2H3. The molecule has 6 atom stereocenters. The van der Waals surface area contributed by atoms with Gasteiger partial charge in [-0.3, -0.25) is 78.4 Å². The Kier molecular flexibility index (Phi) is 85.2. The predicted molar refractivity (Wildman–Crippen MR) is 494 cm³/mol. The average molecular weight is 2090 g/mol. The SMILES string of the molecule is C#CC.COC1C(OC)N(CO)C(=O)N1CO.COCN(CO)c1nc(N(COC)COC)nc(N(COC)COC)n1.COCN(COC)C(=O)N(COC)COC.COCN1C(=O)N(CO)C(OC)C1OC.COCN1C(=O)N(COC)C(OC)C1OC.COCN1C(=O)N(COC)C2C1N(COC)C(=O)N2COC.COCNC(=O)N(COC)COC.COCNC(=O)NCOC.O=C(NCO)NCO. The molecule has 66 heteroatoms. The summed E-state index contributed by atoms with van der Waals surface area (Å²) in [5.74, 6) is 3.09. The van der Waals surface area contributed by atoms with Crippen LogP contribution in [0.5, 0.6) is 0 Å². The fraction of sp³-hybridized carbons (Fsp3) is 0.818. The van der Waals surface area contributed by atoms with Crippen molar-refractivity contribution in [1.29, 1.82) is 0 Å². The molecule has 0 saturated carbocycles. The van der Waals surface area contributed by atoms with E-state index in [4.69, 9.17) is 139 Å². The smallest absolute Gasteiger partial charge is 0.328 e. The lowest BCUT2D eigenvalue weighted by Crippen LogP contribution is -2.48. The molecular weight excluding hydrogens is 1930 g/mol. The number of ether oxygens (including phenoxy) is 27.